The lowest BCUT2D eigenvalue weighted by Gasteiger charge is -2.31. The van der Waals surface area contributed by atoms with Crippen molar-refractivity contribution in [1.29, 1.82) is 0 Å². The number of carbonyl (C=O) groups is 1. The summed E-state index contributed by atoms with van der Waals surface area (Å²) < 4.78 is 5.40. The number of benzene rings is 2. The molecule has 1 fully saturated rings. The summed E-state index contributed by atoms with van der Waals surface area (Å²) in [5.74, 6) is 1.42. The molecule has 1 saturated heterocycles. The first-order valence-corrected chi connectivity index (χ1v) is 10.6. The molecule has 2 aromatic carbocycles. The Hall–Kier alpha value is -3.21. The first kappa shape index (κ1) is 18.8. The summed E-state index contributed by atoms with van der Waals surface area (Å²) in [6.45, 7) is 5.72. The Kier molecular flexibility index (Phi) is 4.54. The number of amides is 1. The van der Waals surface area contributed by atoms with Gasteiger partial charge in [-0.1, -0.05) is 6.07 Å². The molecule has 3 heterocycles. The Morgan fingerprint density at radius 2 is 1.83 bits per heavy atom. The van der Waals surface area contributed by atoms with Crippen LogP contribution in [-0.2, 0) is 0 Å². The van der Waals surface area contributed by atoms with Gasteiger partial charge in [0, 0.05) is 41.1 Å². The summed E-state index contributed by atoms with van der Waals surface area (Å²) in [5, 5.41) is 2.35. The van der Waals surface area contributed by atoms with Crippen LogP contribution >= 0.6 is 0 Å². The molecule has 2 aromatic heterocycles. The highest BCUT2D eigenvalue weighted by atomic mass is 16.5. The first-order valence-electron chi connectivity index (χ1n) is 10.6. The average molecular weight is 402 g/mol. The topological polar surface area (TPSA) is 61.1 Å². The minimum atomic E-state index is 0.0994. The van der Waals surface area contributed by atoms with E-state index in [0.717, 1.165) is 48.1 Å². The first-order chi connectivity index (χ1) is 14.5. The Morgan fingerprint density at radius 1 is 1.03 bits per heavy atom. The molecule has 2 N–H and O–H groups in total. The molecule has 4 aromatic rings. The van der Waals surface area contributed by atoms with Crippen LogP contribution in [0.2, 0.25) is 0 Å². The summed E-state index contributed by atoms with van der Waals surface area (Å²) in [6.07, 6.45) is 4.05. The third-order valence-electron chi connectivity index (χ3n) is 6.46. The Labute approximate surface area is 176 Å². The van der Waals surface area contributed by atoms with Gasteiger partial charge in [-0.15, -0.1) is 0 Å². The van der Waals surface area contributed by atoms with Crippen molar-refractivity contribution in [2.24, 2.45) is 0 Å². The van der Waals surface area contributed by atoms with Crippen molar-refractivity contribution < 1.29 is 9.53 Å². The molecule has 1 amide bonds. The number of methoxy groups -OCH3 is 1. The van der Waals surface area contributed by atoms with Gasteiger partial charge in [0.25, 0.3) is 5.91 Å². The van der Waals surface area contributed by atoms with Gasteiger partial charge in [-0.25, -0.2) is 0 Å². The fourth-order valence-corrected chi connectivity index (χ4v) is 4.86. The van der Waals surface area contributed by atoms with Crippen LogP contribution < -0.4 is 4.74 Å². The highest BCUT2D eigenvalue weighted by Gasteiger charge is 2.27. The third-order valence-corrected chi connectivity index (χ3v) is 6.46. The van der Waals surface area contributed by atoms with Crippen molar-refractivity contribution in [2.75, 3.05) is 20.2 Å². The van der Waals surface area contributed by atoms with Gasteiger partial charge in [0.15, 0.2) is 0 Å². The van der Waals surface area contributed by atoms with Crippen molar-refractivity contribution in [2.45, 2.75) is 32.6 Å². The molecule has 0 aliphatic carbocycles. The Balaban J connectivity index is 1.34. The van der Waals surface area contributed by atoms with Gasteiger partial charge < -0.3 is 19.6 Å². The summed E-state index contributed by atoms with van der Waals surface area (Å²) >= 11 is 0. The van der Waals surface area contributed by atoms with Gasteiger partial charge in [0.1, 0.15) is 11.4 Å². The molecule has 5 rings (SSSR count). The van der Waals surface area contributed by atoms with Gasteiger partial charge in [-0.3, -0.25) is 4.79 Å². The highest BCUT2D eigenvalue weighted by molar-refractivity contribution is 5.99. The van der Waals surface area contributed by atoms with Gasteiger partial charge in [-0.2, -0.15) is 0 Å². The lowest BCUT2D eigenvalue weighted by atomic mass is 9.89. The molecule has 0 unspecified atom stereocenters. The number of carbonyl (C=O) groups excluding carboxylic acids is 1. The SMILES string of the molecule is COc1ccc2[nH]cc(C3CCN(C(=O)c4cc5c(C)cc(C)cc5[nH]4)CC3)c2c1. The van der Waals surface area contributed by atoms with Gasteiger partial charge >= 0.3 is 0 Å². The lowest BCUT2D eigenvalue weighted by Crippen LogP contribution is -2.38. The second-order valence-corrected chi connectivity index (χ2v) is 8.45. The monoisotopic (exact) mass is 401 g/mol. The molecule has 5 heteroatoms. The van der Waals surface area contributed by atoms with Crippen molar-refractivity contribution in [3.8, 4) is 5.75 Å². The smallest absolute Gasteiger partial charge is 0.270 e. The van der Waals surface area contributed by atoms with Gasteiger partial charge in [0.05, 0.1) is 7.11 Å². The molecule has 0 saturated carbocycles. The molecule has 0 radical (unpaired) electrons. The molecule has 0 atom stereocenters. The molecule has 0 spiro atoms. The third kappa shape index (κ3) is 3.15. The van der Waals surface area contributed by atoms with Crippen LogP contribution in [0.1, 0.15) is 45.9 Å². The number of rotatable bonds is 3. The number of likely N-dealkylation sites (tertiary alicyclic amines) is 1. The maximum atomic E-state index is 13.1. The van der Waals surface area contributed by atoms with E-state index in [1.807, 2.05) is 17.0 Å². The predicted octanol–water partition coefficient (Wildman–Crippen LogP) is 5.29. The average Bonchev–Trinajstić information content (AvgIpc) is 3.37. The quantitative estimate of drug-likeness (QED) is 0.490. The number of aromatic nitrogens is 2. The predicted molar refractivity (Wildman–Crippen MR) is 121 cm³/mol. The second-order valence-electron chi connectivity index (χ2n) is 8.45. The van der Waals surface area contributed by atoms with Crippen LogP contribution in [0.3, 0.4) is 0 Å². The number of hydrogen-bond donors (Lipinski definition) is 2. The molecule has 5 nitrogen and oxygen atoms in total. The minimum absolute atomic E-state index is 0.0994. The van der Waals surface area contributed by atoms with E-state index in [2.05, 4.69) is 54.3 Å². The molecule has 154 valence electrons. The highest BCUT2D eigenvalue weighted by Crippen LogP contribution is 2.35. The Morgan fingerprint density at radius 3 is 2.60 bits per heavy atom. The fraction of sp³-hybridized carbons (Fsp3) is 0.320. The van der Waals surface area contributed by atoms with E-state index in [4.69, 9.17) is 4.74 Å². The number of aromatic amines is 2. The number of hydrogen-bond acceptors (Lipinski definition) is 2. The number of nitrogens with one attached hydrogen (secondary N) is 2. The van der Waals surface area contributed by atoms with Crippen LogP contribution in [0.25, 0.3) is 21.8 Å². The maximum Gasteiger partial charge on any atom is 0.270 e. The normalized spacial score (nSPS) is 15.2. The molecule has 30 heavy (non-hydrogen) atoms. The zero-order chi connectivity index (χ0) is 20.8. The largest absolute Gasteiger partial charge is 0.497 e. The van der Waals surface area contributed by atoms with Gasteiger partial charge in [-0.05, 0) is 79.6 Å². The zero-order valence-corrected chi connectivity index (χ0v) is 17.7. The van der Waals surface area contributed by atoms with Crippen LogP contribution in [0, 0.1) is 13.8 Å². The lowest BCUT2D eigenvalue weighted by molar-refractivity contribution is 0.0708. The summed E-state index contributed by atoms with van der Waals surface area (Å²) in [4.78, 5) is 21.8. The number of H-pyrrole nitrogens is 2. The van der Waals surface area contributed by atoms with Crippen molar-refractivity contribution in [1.82, 2.24) is 14.9 Å². The van der Waals surface area contributed by atoms with Crippen LogP contribution in [0.5, 0.6) is 5.75 Å². The summed E-state index contributed by atoms with van der Waals surface area (Å²) in [7, 11) is 1.70. The summed E-state index contributed by atoms with van der Waals surface area (Å²) in [5.41, 5.74) is 6.60. The zero-order valence-electron chi connectivity index (χ0n) is 17.7. The van der Waals surface area contributed by atoms with E-state index < -0.39 is 0 Å². The number of nitrogens with zero attached hydrogens (tertiary/aromatic N) is 1. The maximum absolute atomic E-state index is 13.1. The van der Waals surface area contributed by atoms with E-state index in [9.17, 15) is 4.79 Å². The van der Waals surface area contributed by atoms with Crippen molar-refractivity contribution in [3.05, 3.63) is 65.0 Å². The number of piperidine rings is 1. The van der Waals surface area contributed by atoms with E-state index in [-0.39, 0.29) is 5.91 Å². The second kappa shape index (κ2) is 7.24. The molecular formula is C25H27N3O2. The van der Waals surface area contributed by atoms with Gasteiger partial charge in [0.2, 0.25) is 0 Å². The fourth-order valence-electron chi connectivity index (χ4n) is 4.86. The molecule has 1 aliphatic rings. The summed E-state index contributed by atoms with van der Waals surface area (Å²) in [6, 6.07) is 12.4. The van der Waals surface area contributed by atoms with Crippen molar-refractivity contribution >= 4 is 27.7 Å². The number of aryl methyl sites for hydroxylation is 2. The molecule has 0 bridgehead atoms. The number of ether oxygens (including phenoxy) is 1. The van der Waals surface area contributed by atoms with E-state index >= 15 is 0 Å². The number of fused-ring (bicyclic) bond motifs is 2. The van der Waals surface area contributed by atoms with Crippen molar-refractivity contribution in [3.63, 3.8) is 0 Å². The molecular weight excluding hydrogens is 374 g/mol. The van der Waals surface area contributed by atoms with E-state index in [1.165, 1.54) is 22.1 Å². The van der Waals surface area contributed by atoms with E-state index in [1.54, 1.807) is 7.11 Å². The Bertz CT molecular complexity index is 1240. The minimum Gasteiger partial charge on any atom is -0.497 e. The van der Waals surface area contributed by atoms with Crippen LogP contribution in [0.15, 0.2) is 42.6 Å². The van der Waals surface area contributed by atoms with E-state index in [0.29, 0.717) is 11.6 Å². The van der Waals surface area contributed by atoms with Crippen LogP contribution in [-0.4, -0.2) is 41.0 Å². The molecule has 1 aliphatic heterocycles. The standard InChI is InChI=1S/C25H27N3O2/c1-15-10-16(2)19-13-24(27-23(19)11-15)25(29)28-8-6-17(7-9-28)21-14-26-22-5-4-18(30-3)12-20(21)22/h4-5,10-14,17,26-27H,6-9H2,1-3H3. The van der Waals surface area contributed by atoms with Crippen LogP contribution in [0.4, 0.5) is 0 Å².